The lowest BCUT2D eigenvalue weighted by atomic mass is 9.81. The molecule has 0 unspecified atom stereocenters. The Hall–Kier alpha value is -7.02. The van der Waals surface area contributed by atoms with Gasteiger partial charge in [0.25, 0.3) is 0 Å². The third-order valence-corrected chi connectivity index (χ3v) is 13.1. The predicted octanol–water partition coefficient (Wildman–Crippen LogP) is 16.5. The summed E-state index contributed by atoms with van der Waals surface area (Å²) in [5, 5.41) is 15.6. The van der Waals surface area contributed by atoms with Crippen molar-refractivity contribution in [2.75, 3.05) is 0 Å². The van der Waals surface area contributed by atoms with Crippen LogP contribution in [0.1, 0.15) is 22.3 Å². The van der Waals surface area contributed by atoms with Crippen molar-refractivity contribution in [1.29, 1.82) is 0 Å². The van der Waals surface area contributed by atoms with E-state index in [0.29, 0.717) is 0 Å². The van der Waals surface area contributed by atoms with Gasteiger partial charge in [0.1, 0.15) is 0 Å². The first-order valence-electron chi connectivity index (χ1n) is 20.4. The molecule has 0 nitrogen and oxygen atoms in total. The Morgan fingerprint density at radius 2 is 0.500 bits per heavy atom. The zero-order valence-electron chi connectivity index (χ0n) is 33.3. The standard InChI is InChI=1S/C58H42/c1-35-37(3)53-41(33-51(35)57-47-27-15-11-23-43(47)55(39-19-7-5-8-20-39)44-24-12-16-28-48(44)57)31-32-42-34-52(36(2)38(4)54(42)53)58-49-29-17-13-25-45(49)56(40-21-9-6-10-22-40)46-26-14-18-30-50(46)58/h5-34H,1-4H3. The number of benzene rings is 11. The second-order valence-electron chi connectivity index (χ2n) is 16.0. The lowest BCUT2D eigenvalue weighted by Crippen LogP contribution is -1.98. The van der Waals surface area contributed by atoms with E-state index in [1.807, 2.05) is 0 Å². The van der Waals surface area contributed by atoms with Crippen molar-refractivity contribution in [3.05, 3.63) is 204 Å². The minimum atomic E-state index is 1.25. The van der Waals surface area contributed by atoms with Gasteiger partial charge >= 0.3 is 0 Å². The molecule has 274 valence electrons. The highest BCUT2D eigenvalue weighted by Gasteiger charge is 2.23. The summed E-state index contributed by atoms with van der Waals surface area (Å²) in [5.74, 6) is 0. The SMILES string of the molecule is Cc1c(-c2c3ccccc3c(-c3ccccc3)c3ccccc23)cc2ccc3cc(-c4c5ccccc5c(-c5ccccc5)c5ccccc45)c(C)c(C)c3c2c1C. The molecule has 11 rings (SSSR count). The van der Waals surface area contributed by atoms with Gasteiger partial charge in [0.2, 0.25) is 0 Å². The summed E-state index contributed by atoms with van der Waals surface area (Å²) in [6.45, 7) is 9.35. The second-order valence-corrected chi connectivity index (χ2v) is 16.0. The number of aryl methyl sites for hydroxylation is 2. The Bertz CT molecular complexity index is 3110. The molecule has 58 heavy (non-hydrogen) atoms. The molecule has 0 bridgehead atoms. The van der Waals surface area contributed by atoms with E-state index in [4.69, 9.17) is 0 Å². The van der Waals surface area contributed by atoms with Crippen LogP contribution in [-0.2, 0) is 0 Å². The second kappa shape index (κ2) is 13.3. The Morgan fingerprint density at radius 3 is 0.793 bits per heavy atom. The maximum atomic E-state index is 2.47. The molecule has 0 radical (unpaired) electrons. The van der Waals surface area contributed by atoms with Gasteiger partial charge in [0.05, 0.1) is 0 Å². The number of rotatable bonds is 4. The van der Waals surface area contributed by atoms with E-state index in [1.165, 1.54) is 131 Å². The monoisotopic (exact) mass is 738 g/mol. The third kappa shape index (κ3) is 5.01. The summed E-state index contributed by atoms with van der Waals surface area (Å²) in [6.07, 6.45) is 0. The molecule has 0 atom stereocenters. The summed E-state index contributed by atoms with van der Waals surface area (Å²) >= 11 is 0. The van der Waals surface area contributed by atoms with E-state index in [1.54, 1.807) is 0 Å². The predicted molar refractivity (Wildman–Crippen MR) is 252 cm³/mol. The Kier molecular flexibility index (Phi) is 7.85. The fourth-order valence-electron chi connectivity index (χ4n) is 10.2. The van der Waals surface area contributed by atoms with E-state index in [-0.39, 0.29) is 0 Å². The lowest BCUT2D eigenvalue weighted by molar-refractivity contribution is 1.37. The number of fused-ring (bicyclic) bond motifs is 7. The lowest BCUT2D eigenvalue weighted by Gasteiger charge is -2.23. The van der Waals surface area contributed by atoms with Crippen LogP contribution in [0.4, 0.5) is 0 Å². The van der Waals surface area contributed by atoms with Crippen molar-refractivity contribution < 1.29 is 0 Å². The molecular formula is C58H42. The molecule has 11 aromatic rings. The quantitative estimate of drug-likeness (QED) is 0.125. The van der Waals surface area contributed by atoms with Crippen molar-refractivity contribution in [3.63, 3.8) is 0 Å². The molecule has 0 N–H and O–H groups in total. The van der Waals surface area contributed by atoms with Crippen molar-refractivity contribution in [2.24, 2.45) is 0 Å². The molecule has 0 saturated carbocycles. The molecule has 0 aromatic heterocycles. The van der Waals surface area contributed by atoms with E-state index < -0.39 is 0 Å². The van der Waals surface area contributed by atoms with Crippen LogP contribution in [0.2, 0.25) is 0 Å². The average molecular weight is 739 g/mol. The summed E-state index contributed by atoms with van der Waals surface area (Å²) in [5.41, 5.74) is 15.7. The molecule has 0 amide bonds. The maximum absolute atomic E-state index is 2.47. The van der Waals surface area contributed by atoms with Crippen LogP contribution in [0.15, 0.2) is 182 Å². The van der Waals surface area contributed by atoms with Crippen LogP contribution in [0.25, 0.3) is 109 Å². The van der Waals surface area contributed by atoms with E-state index >= 15 is 0 Å². The molecule has 0 fully saturated rings. The first-order chi connectivity index (χ1) is 28.5. The first-order valence-corrected chi connectivity index (χ1v) is 20.4. The Morgan fingerprint density at radius 1 is 0.241 bits per heavy atom. The van der Waals surface area contributed by atoms with Gasteiger partial charge in [0.15, 0.2) is 0 Å². The largest absolute Gasteiger partial charge is 0.0622 e. The van der Waals surface area contributed by atoms with Gasteiger partial charge in [-0.1, -0.05) is 170 Å². The highest BCUT2D eigenvalue weighted by atomic mass is 14.3. The average Bonchev–Trinajstić information content (AvgIpc) is 3.27. The molecule has 0 heterocycles. The van der Waals surface area contributed by atoms with Crippen LogP contribution in [0.3, 0.4) is 0 Å². The maximum Gasteiger partial charge on any atom is -0.00234 e. The minimum absolute atomic E-state index is 1.25. The summed E-state index contributed by atoms with van der Waals surface area (Å²) < 4.78 is 0. The topological polar surface area (TPSA) is 0 Å². The highest BCUT2D eigenvalue weighted by Crippen LogP contribution is 2.49. The fraction of sp³-hybridized carbons (Fsp3) is 0.0690. The van der Waals surface area contributed by atoms with Crippen molar-refractivity contribution in [2.45, 2.75) is 27.7 Å². The molecule has 0 aliphatic heterocycles. The molecule has 0 aliphatic carbocycles. The summed E-state index contributed by atoms with van der Waals surface area (Å²) in [7, 11) is 0. The van der Waals surface area contributed by atoms with E-state index in [9.17, 15) is 0 Å². The molecular weight excluding hydrogens is 697 g/mol. The summed E-state index contributed by atoms with van der Waals surface area (Å²) in [6, 6.07) is 67.4. The highest BCUT2D eigenvalue weighted by molar-refractivity contribution is 6.25. The van der Waals surface area contributed by atoms with Crippen LogP contribution >= 0.6 is 0 Å². The zero-order valence-corrected chi connectivity index (χ0v) is 33.3. The van der Waals surface area contributed by atoms with Crippen molar-refractivity contribution >= 4 is 64.6 Å². The number of hydrogen-bond acceptors (Lipinski definition) is 0. The summed E-state index contributed by atoms with van der Waals surface area (Å²) in [4.78, 5) is 0. The van der Waals surface area contributed by atoms with Gasteiger partial charge in [-0.2, -0.15) is 0 Å². The molecule has 11 aromatic carbocycles. The Balaban J connectivity index is 1.17. The Labute approximate surface area is 339 Å². The van der Waals surface area contributed by atoms with Crippen LogP contribution in [0.5, 0.6) is 0 Å². The van der Waals surface area contributed by atoms with E-state index in [2.05, 4.69) is 210 Å². The van der Waals surface area contributed by atoms with Gasteiger partial charge in [-0.15, -0.1) is 0 Å². The molecule has 0 aliphatic rings. The van der Waals surface area contributed by atoms with E-state index in [0.717, 1.165) is 0 Å². The first kappa shape index (κ1) is 34.2. The molecule has 0 heteroatoms. The minimum Gasteiger partial charge on any atom is -0.0622 e. The van der Waals surface area contributed by atoms with Gasteiger partial charge in [-0.25, -0.2) is 0 Å². The normalized spacial score (nSPS) is 11.8. The van der Waals surface area contributed by atoms with Gasteiger partial charge in [-0.3, -0.25) is 0 Å². The van der Waals surface area contributed by atoms with Gasteiger partial charge in [0, 0.05) is 0 Å². The molecule has 0 saturated heterocycles. The zero-order chi connectivity index (χ0) is 39.1. The van der Waals surface area contributed by atoms with Crippen LogP contribution in [0, 0.1) is 27.7 Å². The van der Waals surface area contributed by atoms with Crippen LogP contribution in [-0.4, -0.2) is 0 Å². The third-order valence-electron chi connectivity index (χ3n) is 13.1. The fourth-order valence-corrected chi connectivity index (χ4v) is 10.2. The van der Waals surface area contributed by atoms with Gasteiger partial charge in [-0.05, 0) is 171 Å². The molecule has 0 spiro atoms. The number of hydrogen-bond donors (Lipinski definition) is 0. The smallest absolute Gasteiger partial charge is 0.00234 e. The van der Waals surface area contributed by atoms with Gasteiger partial charge < -0.3 is 0 Å². The van der Waals surface area contributed by atoms with Crippen LogP contribution < -0.4 is 0 Å². The van der Waals surface area contributed by atoms with Crippen molar-refractivity contribution in [3.8, 4) is 44.5 Å². The van der Waals surface area contributed by atoms with Crippen molar-refractivity contribution in [1.82, 2.24) is 0 Å².